The fourth-order valence-corrected chi connectivity index (χ4v) is 2.30. The van der Waals surface area contributed by atoms with E-state index in [0.717, 1.165) is 17.7 Å². The molecule has 2 rings (SSSR count). The molecule has 0 aliphatic rings. The van der Waals surface area contributed by atoms with Crippen LogP contribution in [0.15, 0.2) is 48.5 Å². The van der Waals surface area contributed by atoms with E-state index in [0.29, 0.717) is 11.3 Å². The number of carbonyl (C=O) groups excluding carboxylic acids is 1. The summed E-state index contributed by atoms with van der Waals surface area (Å²) < 4.78 is 33.3. The highest BCUT2D eigenvalue weighted by Gasteiger charge is 2.40. The molecule has 0 bridgehead atoms. The van der Waals surface area contributed by atoms with E-state index in [1.807, 2.05) is 6.07 Å². The molecule has 1 atom stereocenters. The summed E-state index contributed by atoms with van der Waals surface area (Å²) in [4.78, 5) is 11.8. The normalized spacial score (nSPS) is 12.5. The summed E-state index contributed by atoms with van der Waals surface area (Å²) in [5.41, 5.74) is 0.970. The zero-order valence-corrected chi connectivity index (χ0v) is 13.4. The van der Waals surface area contributed by atoms with Gasteiger partial charge in [-0.15, -0.1) is 0 Å². The number of aliphatic hydroxyl groups is 1. The lowest BCUT2D eigenvalue weighted by Gasteiger charge is -2.19. The molecule has 0 aromatic heterocycles. The second kappa shape index (κ2) is 7.40. The largest absolute Gasteiger partial charge is 0.497 e. The summed E-state index contributed by atoms with van der Waals surface area (Å²) in [6.07, 6.45) is -1.05. The van der Waals surface area contributed by atoms with Crippen molar-refractivity contribution in [3.05, 3.63) is 65.2 Å². The Morgan fingerprint density at radius 3 is 2.42 bits per heavy atom. The fraction of sp³-hybridized carbons (Fsp3) is 0.278. The topological polar surface area (TPSA) is 58.6 Å². The molecule has 0 radical (unpaired) electrons. The number of benzene rings is 2. The zero-order chi connectivity index (χ0) is 17.7. The fourth-order valence-electron chi connectivity index (χ4n) is 2.30. The van der Waals surface area contributed by atoms with Crippen LogP contribution in [0, 0.1) is 6.92 Å². The summed E-state index contributed by atoms with van der Waals surface area (Å²) in [5, 5.41) is 12.2. The predicted molar refractivity (Wildman–Crippen MR) is 86.0 cm³/mol. The molecule has 6 heteroatoms. The SMILES string of the molecule is COc1ccc(C(F)(F)C(=O)NCC(O)c2ccccc2C)cc1. The average Bonchev–Trinajstić information content (AvgIpc) is 2.59. The van der Waals surface area contributed by atoms with Crippen molar-refractivity contribution in [2.75, 3.05) is 13.7 Å². The van der Waals surface area contributed by atoms with E-state index >= 15 is 0 Å². The number of alkyl halides is 2. The molecule has 0 aliphatic heterocycles. The Labute approximate surface area is 139 Å². The van der Waals surface area contributed by atoms with Gasteiger partial charge in [0.1, 0.15) is 5.75 Å². The maximum Gasteiger partial charge on any atom is 0.349 e. The lowest BCUT2D eigenvalue weighted by molar-refractivity contribution is -0.147. The first-order valence-corrected chi connectivity index (χ1v) is 7.40. The van der Waals surface area contributed by atoms with Crippen LogP contribution in [0.4, 0.5) is 8.78 Å². The number of amides is 1. The minimum absolute atomic E-state index is 0.296. The number of methoxy groups -OCH3 is 1. The molecule has 2 aromatic carbocycles. The highest BCUT2D eigenvalue weighted by atomic mass is 19.3. The molecule has 2 N–H and O–H groups in total. The molecule has 2 aromatic rings. The molecule has 24 heavy (non-hydrogen) atoms. The van der Waals surface area contributed by atoms with Crippen molar-refractivity contribution in [2.45, 2.75) is 19.0 Å². The van der Waals surface area contributed by atoms with E-state index in [1.54, 1.807) is 25.1 Å². The van der Waals surface area contributed by atoms with E-state index in [-0.39, 0.29) is 6.54 Å². The van der Waals surface area contributed by atoms with Crippen molar-refractivity contribution in [3.8, 4) is 5.75 Å². The highest BCUT2D eigenvalue weighted by Crippen LogP contribution is 2.29. The highest BCUT2D eigenvalue weighted by molar-refractivity contribution is 5.84. The summed E-state index contributed by atoms with van der Waals surface area (Å²) in [7, 11) is 1.42. The third-order valence-electron chi connectivity index (χ3n) is 3.74. The van der Waals surface area contributed by atoms with Crippen molar-refractivity contribution in [2.24, 2.45) is 0 Å². The van der Waals surface area contributed by atoms with Gasteiger partial charge in [-0.25, -0.2) is 0 Å². The number of carbonyl (C=O) groups is 1. The number of ether oxygens (including phenoxy) is 1. The van der Waals surface area contributed by atoms with Gasteiger partial charge in [-0.3, -0.25) is 4.79 Å². The molecule has 128 valence electrons. The van der Waals surface area contributed by atoms with Crippen LogP contribution in [0.2, 0.25) is 0 Å². The zero-order valence-electron chi connectivity index (χ0n) is 13.4. The maximum atomic E-state index is 14.2. The molecule has 1 unspecified atom stereocenters. The van der Waals surface area contributed by atoms with E-state index in [9.17, 15) is 18.7 Å². The van der Waals surface area contributed by atoms with Crippen molar-refractivity contribution >= 4 is 5.91 Å². The molecule has 0 spiro atoms. The van der Waals surface area contributed by atoms with Crippen LogP contribution in [0.1, 0.15) is 22.8 Å². The number of aliphatic hydroxyl groups excluding tert-OH is 1. The van der Waals surface area contributed by atoms with Crippen molar-refractivity contribution in [1.29, 1.82) is 0 Å². The number of rotatable bonds is 6. The summed E-state index contributed by atoms with van der Waals surface area (Å²) >= 11 is 0. The first-order chi connectivity index (χ1) is 11.4. The Hall–Kier alpha value is -2.47. The smallest absolute Gasteiger partial charge is 0.349 e. The second-order valence-electron chi connectivity index (χ2n) is 5.39. The minimum Gasteiger partial charge on any atom is -0.497 e. The Kier molecular flexibility index (Phi) is 5.51. The lowest BCUT2D eigenvalue weighted by Crippen LogP contribution is -2.40. The summed E-state index contributed by atoms with van der Waals surface area (Å²) in [5.74, 6) is -4.73. The number of hydrogen-bond donors (Lipinski definition) is 2. The van der Waals surface area contributed by atoms with E-state index < -0.39 is 23.5 Å². The number of nitrogens with one attached hydrogen (secondary N) is 1. The van der Waals surface area contributed by atoms with E-state index in [4.69, 9.17) is 4.74 Å². The summed E-state index contributed by atoms with van der Waals surface area (Å²) in [6.45, 7) is 1.50. The Morgan fingerprint density at radius 2 is 1.83 bits per heavy atom. The number of hydrogen-bond acceptors (Lipinski definition) is 3. The first-order valence-electron chi connectivity index (χ1n) is 7.40. The van der Waals surface area contributed by atoms with Gasteiger partial charge in [0.05, 0.1) is 13.2 Å². The molecular weight excluding hydrogens is 316 g/mol. The van der Waals surface area contributed by atoms with Gasteiger partial charge in [0.15, 0.2) is 0 Å². The quantitative estimate of drug-likeness (QED) is 0.853. The van der Waals surface area contributed by atoms with Crippen LogP contribution >= 0.6 is 0 Å². The Morgan fingerprint density at radius 1 is 1.21 bits per heavy atom. The van der Waals surface area contributed by atoms with Gasteiger partial charge in [0.25, 0.3) is 5.91 Å². The monoisotopic (exact) mass is 335 g/mol. The standard InChI is InChI=1S/C18H19F2NO3/c1-12-5-3-4-6-15(12)16(22)11-21-17(23)18(19,20)13-7-9-14(24-2)10-8-13/h3-10,16,22H,11H2,1-2H3,(H,21,23). The molecule has 0 aliphatic carbocycles. The van der Waals surface area contributed by atoms with E-state index in [2.05, 4.69) is 5.32 Å². The van der Waals surface area contributed by atoms with E-state index in [1.165, 1.54) is 19.2 Å². The second-order valence-corrected chi connectivity index (χ2v) is 5.39. The van der Waals surface area contributed by atoms with Crippen molar-refractivity contribution in [3.63, 3.8) is 0 Å². The van der Waals surface area contributed by atoms with Gasteiger partial charge in [-0.1, -0.05) is 24.3 Å². The van der Waals surface area contributed by atoms with Gasteiger partial charge in [0, 0.05) is 12.1 Å². The molecule has 4 nitrogen and oxygen atoms in total. The van der Waals surface area contributed by atoms with Crippen molar-refractivity contribution in [1.82, 2.24) is 5.32 Å². The molecular formula is C18H19F2NO3. The number of halogens is 2. The van der Waals surface area contributed by atoms with Gasteiger partial charge in [-0.05, 0) is 42.3 Å². The van der Waals surface area contributed by atoms with Gasteiger partial charge < -0.3 is 15.2 Å². The summed E-state index contributed by atoms with van der Waals surface area (Å²) in [6, 6.07) is 12.0. The van der Waals surface area contributed by atoms with Crippen LogP contribution in [0.5, 0.6) is 5.75 Å². The third-order valence-corrected chi connectivity index (χ3v) is 3.74. The molecule has 0 heterocycles. The Bertz CT molecular complexity index is 702. The average molecular weight is 335 g/mol. The Balaban J connectivity index is 2.03. The third kappa shape index (κ3) is 3.89. The number of aryl methyl sites for hydroxylation is 1. The molecule has 0 saturated carbocycles. The van der Waals surface area contributed by atoms with Gasteiger partial charge in [0.2, 0.25) is 0 Å². The molecule has 0 saturated heterocycles. The van der Waals surface area contributed by atoms with Gasteiger partial charge >= 0.3 is 5.92 Å². The predicted octanol–water partition coefficient (Wildman–Crippen LogP) is 2.95. The van der Waals surface area contributed by atoms with Crippen LogP contribution in [0.3, 0.4) is 0 Å². The minimum atomic E-state index is -3.70. The van der Waals surface area contributed by atoms with Crippen molar-refractivity contribution < 1.29 is 23.4 Å². The van der Waals surface area contributed by atoms with Crippen LogP contribution in [0.25, 0.3) is 0 Å². The lowest BCUT2D eigenvalue weighted by atomic mass is 10.0. The first kappa shape index (κ1) is 17.9. The van der Waals surface area contributed by atoms with Gasteiger partial charge in [-0.2, -0.15) is 8.78 Å². The van der Waals surface area contributed by atoms with Crippen LogP contribution in [-0.2, 0) is 10.7 Å². The molecule has 1 amide bonds. The van der Waals surface area contributed by atoms with Crippen LogP contribution in [-0.4, -0.2) is 24.7 Å². The molecule has 0 fully saturated rings. The maximum absolute atomic E-state index is 14.2. The van der Waals surface area contributed by atoms with Crippen LogP contribution < -0.4 is 10.1 Å².